The molecule has 2 N–H and O–H groups in total. The van der Waals surface area contributed by atoms with Crippen molar-refractivity contribution >= 4 is 11.9 Å². The highest BCUT2D eigenvalue weighted by Crippen LogP contribution is 2.26. The highest BCUT2D eigenvalue weighted by Gasteiger charge is 2.26. The molecule has 0 aromatic heterocycles. The number of carbonyl (C=O) groups is 2. The average Bonchev–Trinajstić information content (AvgIpc) is 2.99. The minimum Gasteiger partial charge on any atom is -0.478 e. The molecule has 0 atom stereocenters. The number of hydrogen-bond acceptors (Lipinski definition) is 2. The van der Waals surface area contributed by atoms with Crippen LogP contribution in [0.4, 0.5) is 0 Å². The molecule has 4 nitrogen and oxygen atoms in total. The second-order valence-corrected chi connectivity index (χ2v) is 5.88. The molecule has 0 saturated heterocycles. The van der Waals surface area contributed by atoms with Crippen molar-refractivity contribution in [2.45, 2.75) is 19.3 Å². The minimum absolute atomic E-state index is 0.0119. The van der Waals surface area contributed by atoms with Gasteiger partial charge in [-0.2, -0.15) is 0 Å². The molecular weight excluding hydrogens is 290 g/mol. The zero-order chi connectivity index (χ0) is 16.2. The summed E-state index contributed by atoms with van der Waals surface area (Å²) in [6.07, 6.45) is 2.09. The standard InChI is InChI=1S/C19H19NO3/c21-18(16-11-14-6-1-2-7-15(14)12-16)20-10-9-13-5-3-4-8-17(13)19(22)23/h1-8,16H,9-12H2,(H,20,21)(H,22,23). The molecule has 23 heavy (non-hydrogen) atoms. The summed E-state index contributed by atoms with van der Waals surface area (Å²) in [5.74, 6) is -0.894. The second kappa shape index (κ2) is 6.65. The summed E-state index contributed by atoms with van der Waals surface area (Å²) in [4.78, 5) is 23.5. The first-order valence-corrected chi connectivity index (χ1v) is 7.81. The number of aromatic carboxylic acids is 1. The Morgan fingerprint density at radius 1 is 1.00 bits per heavy atom. The van der Waals surface area contributed by atoms with Gasteiger partial charge in [0, 0.05) is 12.5 Å². The fraction of sp³-hybridized carbons (Fsp3) is 0.263. The third-order valence-corrected chi connectivity index (χ3v) is 4.36. The van der Waals surface area contributed by atoms with E-state index in [1.807, 2.05) is 18.2 Å². The largest absolute Gasteiger partial charge is 0.478 e. The van der Waals surface area contributed by atoms with Gasteiger partial charge in [-0.3, -0.25) is 4.79 Å². The average molecular weight is 309 g/mol. The molecule has 0 fully saturated rings. The number of nitrogens with one attached hydrogen (secondary N) is 1. The molecule has 1 aliphatic rings. The van der Waals surface area contributed by atoms with Crippen LogP contribution >= 0.6 is 0 Å². The number of fused-ring (bicyclic) bond motifs is 1. The number of amides is 1. The predicted octanol–water partition coefficient (Wildman–Crippen LogP) is 2.46. The van der Waals surface area contributed by atoms with Crippen LogP contribution in [-0.4, -0.2) is 23.5 Å². The smallest absolute Gasteiger partial charge is 0.335 e. The van der Waals surface area contributed by atoms with Crippen LogP contribution in [0.15, 0.2) is 48.5 Å². The van der Waals surface area contributed by atoms with E-state index in [0.717, 1.165) is 18.4 Å². The molecule has 2 aromatic carbocycles. The monoisotopic (exact) mass is 309 g/mol. The molecule has 0 unspecified atom stereocenters. The molecule has 0 aliphatic heterocycles. The van der Waals surface area contributed by atoms with E-state index in [-0.39, 0.29) is 11.8 Å². The van der Waals surface area contributed by atoms with Crippen LogP contribution in [0.25, 0.3) is 0 Å². The molecule has 0 bridgehead atoms. The molecule has 0 heterocycles. The molecule has 1 aliphatic carbocycles. The van der Waals surface area contributed by atoms with Gasteiger partial charge in [-0.05, 0) is 42.0 Å². The van der Waals surface area contributed by atoms with Gasteiger partial charge in [0.05, 0.1) is 5.56 Å². The number of carboxylic acid groups (broad SMARTS) is 1. The summed E-state index contributed by atoms with van der Waals surface area (Å²) in [6.45, 7) is 0.454. The molecule has 2 aromatic rings. The Hall–Kier alpha value is -2.62. The lowest BCUT2D eigenvalue weighted by Crippen LogP contribution is -2.32. The maximum absolute atomic E-state index is 12.3. The zero-order valence-electron chi connectivity index (χ0n) is 12.8. The van der Waals surface area contributed by atoms with Crippen molar-refractivity contribution in [1.82, 2.24) is 5.32 Å². The normalized spacial score (nSPS) is 13.6. The fourth-order valence-corrected chi connectivity index (χ4v) is 3.16. The highest BCUT2D eigenvalue weighted by atomic mass is 16.4. The number of rotatable bonds is 5. The summed E-state index contributed by atoms with van der Waals surface area (Å²) in [7, 11) is 0. The van der Waals surface area contributed by atoms with Crippen molar-refractivity contribution in [3.63, 3.8) is 0 Å². The van der Waals surface area contributed by atoms with Crippen LogP contribution in [0.3, 0.4) is 0 Å². The Balaban J connectivity index is 1.54. The lowest BCUT2D eigenvalue weighted by molar-refractivity contribution is -0.124. The second-order valence-electron chi connectivity index (χ2n) is 5.88. The third kappa shape index (κ3) is 3.42. The third-order valence-electron chi connectivity index (χ3n) is 4.36. The summed E-state index contributed by atoms with van der Waals surface area (Å²) < 4.78 is 0. The Bertz CT molecular complexity index is 714. The van der Waals surface area contributed by atoms with Gasteiger partial charge < -0.3 is 10.4 Å². The maximum atomic E-state index is 12.3. The Morgan fingerprint density at radius 2 is 1.61 bits per heavy atom. The first-order valence-electron chi connectivity index (χ1n) is 7.81. The van der Waals surface area contributed by atoms with Crippen molar-refractivity contribution in [3.05, 3.63) is 70.8 Å². The van der Waals surface area contributed by atoms with Crippen molar-refractivity contribution < 1.29 is 14.7 Å². The van der Waals surface area contributed by atoms with E-state index in [1.54, 1.807) is 18.2 Å². The number of benzene rings is 2. The SMILES string of the molecule is O=C(O)c1ccccc1CCNC(=O)C1Cc2ccccc2C1. The summed E-state index contributed by atoms with van der Waals surface area (Å²) in [5.41, 5.74) is 3.55. The maximum Gasteiger partial charge on any atom is 0.335 e. The number of hydrogen-bond donors (Lipinski definition) is 2. The summed E-state index contributed by atoms with van der Waals surface area (Å²) >= 11 is 0. The van der Waals surface area contributed by atoms with Crippen LogP contribution in [0.1, 0.15) is 27.0 Å². The van der Waals surface area contributed by atoms with Gasteiger partial charge in [0.25, 0.3) is 0 Å². The Morgan fingerprint density at radius 3 is 2.26 bits per heavy atom. The zero-order valence-corrected chi connectivity index (χ0v) is 12.8. The van der Waals surface area contributed by atoms with Crippen molar-refractivity contribution in [2.24, 2.45) is 5.92 Å². The summed E-state index contributed by atoms with van der Waals surface area (Å²) in [5, 5.41) is 12.1. The molecule has 1 amide bonds. The van der Waals surface area contributed by atoms with E-state index in [2.05, 4.69) is 17.4 Å². The first-order chi connectivity index (χ1) is 11.1. The van der Waals surface area contributed by atoms with E-state index >= 15 is 0 Å². The van der Waals surface area contributed by atoms with Gasteiger partial charge in [0.1, 0.15) is 0 Å². The van der Waals surface area contributed by atoms with E-state index in [0.29, 0.717) is 18.5 Å². The van der Waals surface area contributed by atoms with Gasteiger partial charge in [0.2, 0.25) is 5.91 Å². The van der Waals surface area contributed by atoms with E-state index in [9.17, 15) is 9.59 Å². The van der Waals surface area contributed by atoms with Crippen molar-refractivity contribution in [3.8, 4) is 0 Å². The van der Waals surface area contributed by atoms with Crippen LogP contribution < -0.4 is 5.32 Å². The lowest BCUT2D eigenvalue weighted by atomic mass is 10.0. The van der Waals surface area contributed by atoms with Crippen LogP contribution in [0, 0.1) is 5.92 Å². The Kier molecular flexibility index (Phi) is 4.42. The van der Waals surface area contributed by atoms with Gasteiger partial charge in [0.15, 0.2) is 0 Å². The lowest BCUT2D eigenvalue weighted by Gasteiger charge is -2.11. The number of carbonyl (C=O) groups excluding carboxylic acids is 1. The van der Waals surface area contributed by atoms with Crippen LogP contribution in [-0.2, 0) is 24.1 Å². The molecular formula is C19H19NO3. The fourth-order valence-electron chi connectivity index (χ4n) is 3.16. The molecule has 0 radical (unpaired) electrons. The van der Waals surface area contributed by atoms with E-state index < -0.39 is 5.97 Å². The summed E-state index contributed by atoms with van der Waals surface area (Å²) in [6, 6.07) is 15.1. The number of carboxylic acids is 1. The van der Waals surface area contributed by atoms with Crippen LogP contribution in [0.2, 0.25) is 0 Å². The molecule has 0 spiro atoms. The van der Waals surface area contributed by atoms with E-state index in [4.69, 9.17) is 5.11 Å². The first kappa shape index (κ1) is 15.3. The van der Waals surface area contributed by atoms with Crippen LogP contribution in [0.5, 0.6) is 0 Å². The van der Waals surface area contributed by atoms with E-state index in [1.165, 1.54) is 11.1 Å². The van der Waals surface area contributed by atoms with Crippen molar-refractivity contribution in [1.29, 1.82) is 0 Å². The van der Waals surface area contributed by atoms with Gasteiger partial charge in [-0.1, -0.05) is 42.5 Å². The molecule has 4 heteroatoms. The van der Waals surface area contributed by atoms with Crippen molar-refractivity contribution in [2.75, 3.05) is 6.54 Å². The molecule has 0 saturated carbocycles. The molecule has 3 rings (SSSR count). The Labute approximate surface area is 135 Å². The van der Waals surface area contributed by atoms with Gasteiger partial charge >= 0.3 is 5.97 Å². The highest BCUT2D eigenvalue weighted by molar-refractivity contribution is 5.89. The van der Waals surface area contributed by atoms with Gasteiger partial charge in [-0.15, -0.1) is 0 Å². The topological polar surface area (TPSA) is 66.4 Å². The minimum atomic E-state index is -0.932. The molecule has 118 valence electrons. The predicted molar refractivity (Wildman–Crippen MR) is 87.5 cm³/mol. The quantitative estimate of drug-likeness (QED) is 0.891. The van der Waals surface area contributed by atoms with Gasteiger partial charge in [-0.25, -0.2) is 4.79 Å².